The van der Waals surface area contributed by atoms with Gasteiger partial charge >= 0.3 is 0 Å². The molecule has 0 atom stereocenters. The van der Waals surface area contributed by atoms with E-state index in [0.29, 0.717) is 12.2 Å². The van der Waals surface area contributed by atoms with E-state index < -0.39 is 10.0 Å². The van der Waals surface area contributed by atoms with E-state index in [1.54, 1.807) is 10.9 Å². The highest BCUT2D eigenvalue weighted by Crippen LogP contribution is 2.20. The number of hydrogen-bond donors (Lipinski definition) is 3. The van der Waals surface area contributed by atoms with Crippen molar-refractivity contribution in [2.24, 2.45) is 5.84 Å². The Morgan fingerprint density at radius 3 is 2.89 bits per heavy atom. The molecule has 0 saturated heterocycles. The molecule has 0 bridgehead atoms. The Kier molecular flexibility index (Phi) is 3.67. The van der Waals surface area contributed by atoms with E-state index in [-0.39, 0.29) is 10.7 Å². The summed E-state index contributed by atoms with van der Waals surface area (Å²) in [6, 6.07) is 2.93. The lowest BCUT2D eigenvalue weighted by Gasteiger charge is -2.09. The van der Waals surface area contributed by atoms with Gasteiger partial charge in [0, 0.05) is 18.9 Å². The minimum absolute atomic E-state index is 0.0262. The van der Waals surface area contributed by atoms with E-state index >= 15 is 0 Å². The zero-order chi connectivity index (χ0) is 13.9. The lowest BCUT2D eigenvalue weighted by molar-refractivity contribution is 0.601. The summed E-state index contributed by atoms with van der Waals surface area (Å²) in [5.74, 6) is 5.33. The average Bonchev–Trinajstić information content (AvgIpc) is 2.85. The molecule has 0 aliphatic rings. The van der Waals surface area contributed by atoms with E-state index in [1.807, 2.05) is 6.92 Å². The van der Waals surface area contributed by atoms with Gasteiger partial charge in [-0.15, -0.1) is 0 Å². The first kappa shape index (κ1) is 13.3. The van der Waals surface area contributed by atoms with Crippen LogP contribution in [0.4, 0.5) is 11.5 Å². The topological polar surface area (TPSA) is 115 Å². The van der Waals surface area contributed by atoms with Crippen LogP contribution in [0.15, 0.2) is 35.6 Å². The number of anilines is 2. The highest BCUT2D eigenvalue weighted by atomic mass is 32.2. The molecule has 4 N–H and O–H groups in total. The third-order valence-corrected chi connectivity index (χ3v) is 3.82. The zero-order valence-corrected chi connectivity index (χ0v) is 11.1. The number of nitrogens with one attached hydrogen (secondary N) is 2. The Bertz CT molecular complexity index is 666. The van der Waals surface area contributed by atoms with Gasteiger partial charge in [0.25, 0.3) is 10.0 Å². The molecule has 2 aromatic heterocycles. The first-order valence-electron chi connectivity index (χ1n) is 5.53. The zero-order valence-electron chi connectivity index (χ0n) is 10.2. The molecule has 0 saturated carbocycles. The van der Waals surface area contributed by atoms with Crippen molar-refractivity contribution in [3.05, 3.63) is 30.7 Å². The summed E-state index contributed by atoms with van der Waals surface area (Å²) in [5.41, 5.74) is 2.64. The number of nitrogens with two attached hydrogens (primary N) is 1. The maximum atomic E-state index is 12.2. The predicted octanol–water partition coefficient (Wildman–Crippen LogP) is 0.384. The third-order valence-electron chi connectivity index (χ3n) is 2.41. The van der Waals surface area contributed by atoms with Crippen molar-refractivity contribution in [1.82, 2.24) is 14.8 Å². The van der Waals surface area contributed by atoms with Gasteiger partial charge in [-0.05, 0) is 19.1 Å². The molecule has 0 amide bonds. The van der Waals surface area contributed by atoms with E-state index in [4.69, 9.17) is 5.84 Å². The minimum atomic E-state index is -3.76. The van der Waals surface area contributed by atoms with Gasteiger partial charge in [-0.2, -0.15) is 5.10 Å². The van der Waals surface area contributed by atoms with Crippen LogP contribution in [-0.4, -0.2) is 23.2 Å². The predicted molar refractivity (Wildman–Crippen MR) is 70.8 cm³/mol. The van der Waals surface area contributed by atoms with Crippen LogP contribution >= 0.6 is 0 Å². The number of aryl methyl sites for hydroxylation is 1. The van der Waals surface area contributed by atoms with E-state index in [2.05, 4.69) is 20.2 Å². The number of nitrogen functional groups attached to an aromatic ring is 1. The van der Waals surface area contributed by atoms with Gasteiger partial charge in [-0.25, -0.2) is 19.2 Å². The molecule has 0 aliphatic heterocycles. The van der Waals surface area contributed by atoms with Gasteiger partial charge in [-0.3, -0.25) is 9.40 Å². The van der Waals surface area contributed by atoms with Crippen LogP contribution in [0.3, 0.4) is 0 Å². The molecule has 102 valence electrons. The summed E-state index contributed by atoms with van der Waals surface area (Å²) in [7, 11) is -3.76. The lowest BCUT2D eigenvalue weighted by atomic mass is 10.5. The summed E-state index contributed by atoms with van der Waals surface area (Å²) in [4.78, 5) is 3.82. The van der Waals surface area contributed by atoms with Gasteiger partial charge in [0.15, 0.2) is 5.82 Å². The molecule has 2 rings (SSSR count). The van der Waals surface area contributed by atoms with Crippen LogP contribution in [0.1, 0.15) is 6.92 Å². The Morgan fingerprint density at radius 2 is 2.26 bits per heavy atom. The van der Waals surface area contributed by atoms with Crippen LogP contribution in [-0.2, 0) is 16.6 Å². The highest BCUT2D eigenvalue weighted by molar-refractivity contribution is 7.92. The van der Waals surface area contributed by atoms with Gasteiger partial charge in [-0.1, -0.05) is 0 Å². The fourth-order valence-corrected chi connectivity index (χ4v) is 2.66. The van der Waals surface area contributed by atoms with Crippen LogP contribution < -0.4 is 16.0 Å². The fraction of sp³-hybridized carbons (Fsp3) is 0.200. The number of pyridine rings is 1. The summed E-state index contributed by atoms with van der Waals surface area (Å²) in [5, 5.41) is 3.99. The van der Waals surface area contributed by atoms with E-state index in [0.717, 1.165) is 0 Å². The van der Waals surface area contributed by atoms with Gasteiger partial charge in [0.2, 0.25) is 0 Å². The van der Waals surface area contributed by atoms with Crippen molar-refractivity contribution < 1.29 is 8.42 Å². The molecule has 0 aromatic carbocycles. The molecular weight excluding hydrogens is 268 g/mol. The average molecular weight is 282 g/mol. The minimum Gasteiger partial charge on any atom is -0.307 e. The van der Waals surface area contributed by atoms with Crippen LogP contribution in [0.2, 0.25) is 0 Å². The molecule has 9 heteroatoms. The van der Waals surface area contributed by atoms with E-state index in [1.165, 1.54) is 24.5 Å². The van der Waals surface area contributed by atoms with Crippen molar-refractivity contribution in [1.29, 1.82) is 0 Å². The molecule has 2 heterocycles. The molecule has 0 radical (unpaired) electrons. The standard InChI is InChI=1S/C10H14N6O2S/c1-2-16-7-8(6-13-16)15-19(17,18)9-4-3-5-12-10(9)14-11/h3-7,15H,2,11H2,1H3,(H,12,14). The quantitative estimate of drug-likeness (QED) is 0.539. The summed E-state index contributed by atoms with van der Waals surface area (Å²) in [6.45, 7) is 2.56. The normalized spacial score (nSPS) is 11.3. The highest BCUT2D eigenvalue weighted by Gasteiger charge is 2.19. The smallest absolute Gasteiger partial charge is 0.265 e. The molecule has 0 spiro atoms. The van der Waals surface area contributed by atoms with Crippen molar-refractivity contribution in [3.8, 4) is 0 Å². The molecular formula is C10H14N6O2S. The number of sulfonamides is 1. The molecule has 0 fully saturated rings. The lowest BCUT2D eigenvalue weighted by Crippen LogP contribution is -2.18. The first-order chi connectivity index (χ1) is 9.06. The number of rotatable bonds is 5. The molecule has 19 heavy (non-hydrogen) atoms. The number of hydrazine groups is 1. The summed E-state index contributed by atoms with van der Waals surface area (Å²) < 4.78 is 28.4. The number of hydrogen-bond acceptors (Lipinski definition) is 6. The molecule has 2 aromatic rings. The van der Waals surface area contributed by atoms with Crippen LogP contribution in [0.25, 0.3) is 0 Å². The Balaban J connectivity index is 2.32. The second-order valence-corrected chi connectivity index (χ2v) is 5.34. The Morgan fingerprint density at radius 1 is 1.47 bits per heavy atom. The molecule has 0 unspecified atom stereocenters. The second-order valence-electron chi connectivity index (χ2n) is 3.68. The summed E-state index contributed by atoms with van der Waals surface area (Å²) >= 11 is 0. The number of aromatic nitrogens is 3. The van der Waals surface area contributed by atoms with Crippen molar-refractivity contribution in [3.63, 3.8) is 0 Å². The third kappa shape index (κ3) is 2.83. The van der Waals surface area contributed by atoms with Crippen LogP contribution in [0, 0.1) is 0 Å². The van der Waals surface area contributed by atoms with Gasteiger partial charge in [0.1, 0.15) is 4.90 Å². The molecule has 0 aliphatic carbocycles. The fourth-order valence-electron chi connectivity index (χ4n) is 1.52. The maximum absolute atomic E-state index is 12.2. The van der Waals surface area contributed by atoms with Crippen LogP contribution in [0.5, 0.6) is 0 Å². The molecule has 8 nitrogen and oxygen atoms in total. The Labute approximate surface area is 110 Å². The monoisotopic (exact) mass is 282 g/mol. The van der Waals surface area contributed by atoms with E-state index in [9.17, 15) is 8.42 Å². The van der Waals surface area contributed by atoms with Crippen molar-refractivity contribution >= 4 is 21.5 Å². The van der Waals surface area contributed by atoms with Crippen molar-refractivity contribution in [2.45, 2.75) is 18.4 Å². The van der Waals surface area contributed by atoms with Gasteiger partial charge < -0.3 is 5.43 Å². The number of nitrogens with zero attached hydrogens (tertiary/aromatic N) is 3. The second kappa shape index (κ2) is 5.24. The Hall–Kier alpha value is -2.13. The first-order valence-corrected chi connectivity index (χ1v) is 7.02. The van der Waals surface area contributed by atoms with Gasteiger partial charge in [0.05, 0.1) is 11.9 Å². The maximum Gasteiger partial charge on any atom is 0.265 e. The van der Waals surface area contributed by atoms with Crippen molar-refractivity contribution in [2.75, 3.05) is 10.1 Å². The SMILES string of the molecule is CCn1cc(NS(=O)(=O)c2cccnc2NN)cn1. The summed E-state index contributed by atoms with van der Waals surface area (Å²) in [6.07, 6.45) is 4.49. The largest absolute Gasteiger partial charge is 0.307 e.